The van der Waals surface area contributed by atoms with Crippen molar-refractivity contribution in [3.8, 4) is 0 Å². The molecule has 1 heterocycles. The van der Waals surface area contributed by atoms with Crippen molar-refractivity contribution in [1.29, 1.82) is 0 Å². The maximum absolute atomic E-state index is 13.3. The Morgan fingerprint density at radius 3 is 3.11 bits per heavy atom. The predicted molar refractivity (Wildman–Crippen MR) is 73.9 cm³/mol. The third-order valence-corrected chi connectivity index (χ3v) is 4.61. The van der Waals surface area contributed by atoms with Gasteiger partial charge in [0, 0.05) is 24.5 Å². The van der Waals surface area contributed by atoms with Crippen LogP contribution in [0.25, 0.3) is 0 Å². The zero-order chi connectivity index (χ0) is 13.1. The minimum Gasteiger partial charge on any atom is -0.298 e. The standard InChI is InChI=1S/C13H15ClFNOS/c1-16-5-6-18-8-11(16)12(17)7-9-3-2-4-10(15)13(9)14/h2-4,11H,5-8H2,1H3. The lowest BCUT2D eigenvalue weighted by Crippen LogP contribution is -2.45. The van der Waals surface area contributed by atoms with Gasteiger partial charge in [-0.1, -0.05) is 23.7 Å². The molecule has 0 spiro atoms. The Labute approximate surface area is 115 Å². The van der Waals surface area contributed by atoms with Crippen LogP contribution in [0, 0.1) is 5.82 Å². The van der Waals surface area contributed by atoms with Crippen LogP contribution in [0.15, 0.2) is 18.2 Å². The summed E-state index contributed by atoms with van der Waals surface area (Å²) in [6.07, 6.45) is 0.201. The highest BCUT2D eigenvalue weighted by molar-refractivity contribution is 7.99. The van der Waals surface area contributed by atoms with Gasteiger partial charge < -0.3 is 0 Å². The SMILES string of the molecule is CN1CCSCC1C(=O)Cc1cccc(F)c1Cl. The molecular formula is C13H15ClFNOS. The van der Waals surface area contributed by atoms with Gasteiger partial charge in [-0.15, -0.1) is 0 Å². The maximum atomic E-state index is 13.3. The summed E-state index contributed by atoms with van der Waals surface area (Å²) in [6, 6.07) is 4.52. The molecule has 0 amide bonds. The van der Waals surface area contributed by atoms with Gasteiger partial charge >= 0.3 is 0 Å². The van der Waals surface area contributed by atoms with Gasteiger partial charge in [-0.3, -0.25) is 9.69 Å². The number of benzene rings is 1. The van der Waals surface area contributed by atoms with Gasteiger partial charge in [-0.25, -0.2) is 4.39 Å². The van der Waals surface area contributed by atoms with Gasteiger partial charge in [-0.05, 0) is 18.7 Å². The number of carbonyl (C=O) groups excluding carboxylic acids is 1. The van der Waals surface area contributed by atoms with Crippen LogP contribution < -0.4 is 0 Å². The van der Waals surface area contributed by atoms with Gasteiger partial charge in [-0.2, -0.15) is 11.8 Å². The zero-order valence-electron chi connectivity index (χ0n) is 10.2. The van der Waals surface area contributed by atoms with Gasteiger partial charge in [0.25, 0.3) is 0 Å². The highest BCUT2D eigenvalue weighted by Crippen LogP contribution is 2.22. The second kappa shape index (κ2) is 6.04. The molecule has 0 saturated carbocycles. The highest BCUT2D eigenvalue weighted by Gasteiger charge is 2.26. The van der Waals surface area contributed by atoms with E-state index in [0.717, 1.165) is 18.1 Å². The molecular weight excluding hydrogens is 273 g/mol. The number of carbonyl (C=O) groups is 1. The molecule has 1 saturated heterocycles. The van der Waals surface area contributed by atoms with Crippen molar-refractivity contribution in [1.82, 2.24) is 4.90 Å². The lowest BCUT2D eigenvalue weighted by atomic mass is 10.0. The van der Waals surface area contributed by atoms with E-state index in [9.17, 15) is 9.18 Å². The van der Waals surface area contributed by atoms with Crippen LogP contribution >= 0.6 is 23.4 Å². The van der Waals surface area contributed by atoms with Crippen molar-refractivity contribution in [2.45, 2.75) is 12.5 Å². The molecule has 98 valence electrons. The van der Waals surface area contributed by atoms with E-state index in [4.69, 9.17) is 11.6 Å². The molecule has 0 N–H and O–H groups in total. The van der Waals surface area contributed by atoms with Crippen molar-refractivity contribution in [2.75, 3.05) is 25.1 Å². The fourth-order valence-corrected chi connectivity index (χ4v) is 3.46. The van der Waals surface area contributed by atoms with E-state index in [-0.39, 0.29) is 23.3 Å². The Morgan fingerprint density at radius 2 is 2.39 bits per heavy atom. The second-order valence-corrected chi connectivity index (χ2v) is 5.96. The Morgan fingerprint density at radius 1 is 1.61 bits per heavy atom. The Kier molecular flexibility index (Phi) is 4.65. The monoisotopic (exact) mass is 287 g/mol. The van der Waals surface area contributed by atoms with Crippen LogP contribution in [0.4, 0.5) is 4.39 Å². The molecule has 1 aromatic rings. The molecule has 1 atom stereocenters. The van der Waals surface area contributed by atoms with Crippen LogP contribution in [0.5, 0.6) is 0 Å². The van der Waals surface area contributed by atoms with E-state index in [1.54, 1.807) is 23.9 Å². The molecule has 2 rings (SSSR count). The Balaban J connectivity index is 2.09. The van der Waals surface area contributed by atoms with Crippen molar-refractivity contribution in [3.63, 3.8) is 0 Å². The Bertz CT molecular complexity index is 455. The molecule has 0 aliphatic carbocycles. The highest BCUT2D eigenvalue weighted by atomic mass is 35.5. The number of hydrogen-bond acceptors (Lipinski definition) is 3. The Hall–Kier alpha value is -0.580. The first-order valence-corrected chi connectivity index (χ1v) is 7.36. The number of rotatable bonds is 3. The van der Waals surface area contributed by atoms with Crippen molar-refractivity contribution in [2.24, 2.45) is 0 Å². The molecule has 1 aliphatic heterocycles. The van der Waals surface area contributed by atoms with Crippen LogP contribution in [-0.4, -0.2) is 41.8 Å². The summed E-state index contributed by atoms with van der Waals surface area (Å²) in [5, 5.41) is 0.0666. The second-order valence-electron chi connectivity index (χ2n) is 4.43. The van der Waals surface area contributed by atoms with Crippen LogP contribution in [0.1, 0.15) is 5.56 Å². The summed E-state index contributed by atoms with van der Waals surface area (Å²) >= 11 is 7.65. The lowest BCUT2D eigenvalue weighted by molar-refractivity contribution is -0.122. The van der Waals surface area contributed by atoms with Crippen LogP contribution in [0.2, 0.25) is 5.02 Å². The smallest absolute Gasteiger partial charge is 0.155 e. The summed E-state index contributed by atoms with van der Waals surface area (Å²) in [5.41, 5.74) is 0.575. The lowest BCUT2D eigenvalue weighted by Gasteiger charge is -2.30. The number of halogens is 2. The van der Waals surface area contributed by atoms with Crippen LogP contribution in [0.3, 0.4) is 0 Å². The molecule has 0 aromatic heterocycles. The van der Waals surface area contributed by atoms with E-state index in [2.05, 4.69) is 4.90 Å². The summed E-state index contributed by atoms with van der Waals surface area (Å²) in [5.74, 6) is 1.51. The molecule has 2 nitrogen and oxygen atoms in total. The van der Waals surface area contributed by atoms with E-state index < -0.39 is 5.82 Å². The van der Waals surface area contributed by atoms with Crippen molar-refractivity contribution < 1.29 is 9.18 Å². The number of hydrogen-bond donors (Lipinski definition) is 0. The molecule has 1 unspecified atom stereocenters. The number of ketones is 1. The summed E-state index contributed by atoms with van der Waals surface area (Å²) < 4.78 is 13.3. The first-order valence-electron chi connectivity index (χ1n) is 5.83. The van der Waals surface area contributed by atoms with Gasteiger partial charge in [0.2, 0.25) is 0 Å². The topological polar surface area (TPSA) is 20.3 Å². The average molecular weight is 288 g/mol. The molecule has 5 heteroatoms. The minimum atomic E-state index is -0.464. The third-order valence-electron chi connectivity index (χ3n) is 3.16. The minimum absolute atomic E-state index is 0.0666. The van der Waals surface area contributed by atoms with Crippen LogP contribution in [-0.2, 0) is 11.2 Å². The quantitative estimate of drug-likeness (QED) is 0.852. The third kappa shape index (κ3) is 3.05. The van der Waals surface area contributed by atoms with E-state index in [1.165, 1.54) is 6.07 Å². The fraction of sp³-hybridized carbons (Fsp3) is 0.462. The fourth-order valence-electron chi connectivity index (χ4n) is 2.02. The summed E-state index contributed by atoms with van der Waals surface area (Å²) in [7, 11) is 1.95. The molecule has 0 radical (unpaired) electrons. The number of nitrogens with zero attached hydrogens (tertiary/aromatic N) is 1. The number of Topliss-reactive ketones (excluding diaryl/α,β-unsaturated/α-hetero) is 1. The number of thioether (sulfide) groups is 1. The summed E-state index contributed by atoms with van der Waals surface area (Å²) in [6.45, 7) is 0.915. The van der Waals surface area contributed by atoms with Gasteiger partial charge in [0.1, 0.15) is 5.82 Å². The molecule has 1 aromatic carbocycles. The summed E-state index contributed by atoms with van der Waals surface area (Å²) in [4.78, 5) is 14.3. The normalized spacial score (nSPS) is 20.9. The first-order chi connectivity index (χ1) is 8.59. The molecule has 18 heavy (non-hydrogen) atoms. The molecule has 1 fully saturated rings. The van der Waals surface area contributed by atoms with E-state index in [0.29, 0.717) is 5.56 Å². The zero-order valence-corrected chi connectivity index (χ0v) is 11.7. The van der Waals surface area contributed by atoms with Crippen molar-refractivity contribution >= 4 is 29.1 Å². The van der Waals surface area contributed by atoms with Gasteiger partial charge in [0.15, 0.2) is 5.78 Å². The first kappa shape index (κ1) is 13.8. The van der Waals surface area contributed by atoms with Crippen molar-refractivity contribution in [3.05, 3.63) is 34.6 Å². The molecule has 0 bridgehead atoms. The number of likely N-dealkylation sites (N-methyl/N-ethyl adjacent to an activating group) is 1. The largest absolute Gasteiger partial charge is 0.298 e. The predicted octanol–water partition coefficient (Wildman–Crippen LogP) is 2.64. The van der Waals surface area contributed by atoms with E-state index in [1.807, 2.05) is 7.05 Å². The van der Waals surface area contributed by atoms with E-state index >= 15 is 0 Å². The molecule has 1 aliphatic rings. The maximum Gasteiger partial charge on any atom is 0.155 e. The van der Waals surface area contributed by atoms with Gasteiger partial charge in [0.05, 0.1) is 11.1 Å². The average Bonchev–Trinajstić information content (AvgIpc) is 2.35.